The fourth-order valence-corrected chi connectivity index (χ4v) is 9.72. The van der Waals surface area contributed by atoms with Crippen LogP contribution in [0.15, 0.2) is 206 Å². The van der Waals surface area contributed by atoms with E-state index in [1.807, 2.05) is 0 Å². The van der Waals surface area contributed by atoms with Gasteiger partial charge in [0.15, 0.2) is 0 Å². The first-order valence-corrected chi connectivity index (χ1v) is 20.0. The Labute approximate surface area is 334 Å². The summed E-state index contributed by atoms with van der Waals surface area (Å²) in [6.07, 6.45) is 0. The quantitative estimate of drug-likeness (QED) is 0.155. The van der Waals surface area contributed by atoms with Gasteiger partial charge in [-0.3, -0.25) is 0 Å². The molecule has 10 aromatic carbocycles. The molecule has 0 saturated carbocycles. The van der Waals surface area contributed by atoms with Crippen LogP contribution in [0.1, 0.15) is 25.0 Å². The third kappa shape index (κ3) is 5.36. The molecule has 1 aliphatic rings. The van der Waals surface area contributed by atoms with Gasteiger partial charge in [-0.2, -0.15) is 0 Å². The zero-order valence-electron chi connectivity index (χ0n) is 32.1. The van der Waals surface area contributed by atoms with Crippen molar-refractivity contribution in [2.75, 3.05) is 0 Å². The van der Waals surface area contributed by atoms with Gasteiger partial charge >= 0.3 is 0 Å². The smallest absolute Gasteiger partial charge is 0.0165 e. The molecule has 0 saturated heterocycles. The van der Waals surface area contributed by atoms with Crippen molar-refractivity contribution < 1.29 is 0 Å². The summed E-state index contributed by atoms with van der Waals surface area (Å²) < 4.78 is 0. The van der Waals surface area contributed by atoms with Gasteiger partial charge in [0, 0.05) is 5.41 Å². The van der Waals surface area contributed by atoms with Gasteiger partial charge in [-0.1, -0.05) is 202 Å². The molecule has 10 aromatic rings. The van der Waals surface area contributed by atoms with E-state index in [0.29, 0.717) is 0 Å². The van der Waals surface area contributed by atoms with Crippen LogP contribution >= 0.6 is 0 Å². The third-order valence-electron chi connectivity index (χ3n) is 12.4. The summed E-state index contributed by atoms with van der Waals surface area (Å²) in [5.41, 5.74) is 17.8. The van der Waals surface area contributed by atoms with E-state index in [0.717, 1.165) is 0 Å². The number of hydrogen-bond donors (Lipinski definition) is 0. The van der Waals surface area contributed by atoms with Crippen LogP contribution < -0.4 is 0 Å². The first-order valence-electron chi connectivity index (χ1n) is 20.0. The molecule has 0 unspecified atom stereocenters. The molecule has 0 fully saturated rings. The van der Waals surface area contributed by atoms with Crippen LogP contribution in [0.25, 0.3) is 99.1 Å². The first-order chi connectivity index (χ1) is 28.0. The molecule has 1 aliphatic carbocycles. The molecule has 0 atom stereocenters. The summed E-state index contributed by atoms with van der Waals surface area (Å²) >= 11 is 0. The lowest BCUT2D eigenvalue weighted by molar-refractivity contribution is 0.666. The van der Waals surface area contributed by atoms with E-state index in [4.69, 9.17) is 0 Å². The molecular weight excluding hydrogens is 685 g/mol. The zero-order chi connectivity index (χ0) is 38.1. The molecule has 0 aromatic heterocycles. The van der Waals surface area contributed by atoms with Crippen molar-refractivity contribution in [2.45, 2.75) is 19.3 Å². The van der Waals surface area contributed by atoms with Crippen molar-refractivity contribution in [1.29, 1.82) is 0 Å². The number of rotatable bonds is 5. The molecule has 0 heterocycles. The van der Waals surface area contributed by atoms with Gasteiger partial charge in [-0.05, 0) is 128 Å². The summed E-state index contributed by atoms with van der Waals surface area (Å²) in [4.78, 5) is 0. The molecule has 268 valence electrons. The Morgan fingerprint density at radius 1 is 0.281 bits per heavy atom. The van der Waals surface area contributed by atoms with Crippen molar-refractivity contribution in [2.24, 2.45) is 0 Å². The largest absolute Gasteiger partial charge is 0.0622 e. The topological polar surface area (TPSA) is 0 Å². The van der Waals surface area contributed by atoms with Crippen molar-refractivity contribution >= 4 is 32.3 Å². The highest BCUT2D eigenvalue weighted by molar-refractivity contribution is 6.21. The molecule has 0 nitrogen and oxygen atoms in total. The Morgan fingerprint density at radius 3 is 1.28 bits per heavy atom. The fourth-order valence-electron chi connectivity index (χ4n) is 9.72. The number of hydrogen-bond acceptors (Lipinski definition) is 0. The Balaban J connectivity index is 1.02. The van der Waals surface area contributed by atoms with Gasteiger partial charge in [0.05, 0.1) is 0 Å². The van der Waals surface area contributed by atoms with Crippen LogP contribution in [0.2, 0.25) is 0 Å². The Morgan fingerprint density at radius 2 is 0.684 bits per heavy atom. The summed E-state index contributed by atoms with van der Waals surface area (Å²) in [7, 11) is 0. The average molecular weight is 725 g/mol. The normalized spacial score (nSPS) is 12.9. The van der Waals surface area contributed by atoms with E-state index in [1.54, 1.807) is 0 Å². The minimum absolute atomic E-state index is 0.107. The maximum atomic E-state index is 2.45. The second-order valence-electron chi connectivity index (χ2n) is 16.0. The molecule has 11 rings (SSSR count). The lowest BCUT2D eigenvalue weighted by Crippen LogP contribution is -2.15. The Bertz CT molecular complexity index is 3120. The Hall–Kier alpha value is -7.02. The van der Waals surface area contributed by atoms with E-state index in [9.17, 15) is 0 Å². The molecule has 0 bridgehead atoms. The maximum Gasteiger partial charge on any atom is 0.0165 e. The number of fused-ring (bicyclic) bond motifs is 7. The molecule has 0 amide bonds. The zero-order valence-corrected chi connectivity index (χ0v) is 32.1. The highest BCUT2D eigenvalue weighted by Gasteiger charge is 2.37. The van der Waals surface area contributed by atoms with Crippen molar-refractivity contribution in [3.63, 3.8) is 0 Å². The van der Waals surface area contributed by atoms with Gasteiger partial charge in [0.2, 0.25) is 0 Å². The maximum absolute atomic E-state index is 2.45. The minimum Gasteiger partial charge on any atom is -0.0622 e. The van der Waals surface area contributed by atoms with E-state index in [1.165, 1.54) is 110 Å². The molecule has 0 N–H and O–H groups in total. The third-order valence-corrected chi connectivity index (χ3v) is 12.4. The van der Waals surface area contributed by atoms with Gasteiger partial charge in [0.25, 0.3) is 0 Å². The van der Waals surface area contributed by atoms with E-state index in [2.05, 4.69) is 220 Å². The molecular formula is C57H40. The second-order valence-corrected chi connectivity index (χ2v) is 16.0. The molecule has 57 heavy (non-hydrogen) atoms. The summed E-state index contributed by atoms with van der Waals surface area (Å²) in [6.45, 7) is 4.78. The van der Waals surface area contributed by atoms with Crippen LogP contribution in [0.3, 0.4) is 0 Å². The van der Waals surface area contributed by atoms with E-state index < -0.39 is 0 Å². The van der Waals surface area contributed by atoms with E-state index in [-0.39, 0.29) is 5.41 Å². The summed E-state index contributed by atoms with van der Waals surface area (Å²) in [5.74, 6) is 0. The first kappa shape index (κ1) is 33.3. The van der Waals surface area contributed by atoms with Crippen molar-refractivity contribution in [1.82, 2.24) is 0 Å². The predicted octanol–water partition coefficient (Wildman–Crippen LogP) is 15.8. The molecule has 0 aliphatic heterocycles. The summed E-state index contributed by atoms with van der Waals surface area (Å²) in [6, 6.07) is 76.3. The minimum atomic E-state index is -0.107. The van der Waals surface area contributed by atoms with E-state index >= 15 is 0 Å². The lowest BCUT2D eigenvalue weighted by Gasteiger charge is -2.23. The van der Waals surface area contributed by atoms with Crippen molar-refractivity contribution in [3.8, 4) is 66.8 Å². The van der Waals surface area contributed by atoms with Crippen LogP contribution in [-0.2, 0) is 5.41 Å². The monoisotopic (exact) mass is 724 g/mol. The molecule has 0 spiro atoms. The SMILES string of the molecule is CC1(C)c2cc(-c3cccc(-c4c5ccccc5c(-c5cccc(-c6ccc(-c7ccccc7)cc6)c5)c5ccccc45)c3)ccc2-c2ccc3ccccc3c21. The van der Waals surface area contributed by atoms with Crippen LogP contribution in [0.4, 0.5) is 0 Å². The van der Waals surface area contributed by atoms with Crippen LogP contribution in [0.5, 0.6) is 0 Å². The average Bonchev–Trinajstić information content (AvgIpc) is 3.51. The Kier molecular flexibility index (Phi) is 7.63. The van der Waals surface area contributed by atoms with Crippen LogP contribution in [0, 0.1) is 0 Å². The molecule has 0 heteroatoms. The summed E-state index contributed by atoms with van der Waals surface area (Å²) in [5, 5.41) is 7.70. The highest BCUT2D eigenvalue weighted by Crippen LogP contribution is 2.52. The predicted molar refractivity (Wildman–Crippen MR) is 244 cm³/mol. The van der Waals surface area contributed by atoms with Gasteiger partial charge < -0.3 is 0 Å². The van der Waals surface area contributed by atoms with Crippen LogP contribution in [-0.4, -0.2) is 0 Å². The second kappa shape index (κ2) is 13.0. The standard InChI is InChI=1S/C57H40/c1-57(2)53-36-43(31-32-47(53)52-33-30-40-16-6-7-21-46(40)56(52)57)42-18-13-20-45(35-42)55-50-24-10-8-22-48(50)54(49-23-9-11-25-51(49)55)44-19-12-17-41(34-44)39-28-26-38(27-29-39)37-14-4-3-5-15-37/h3-36H,1-2H3. The fraction of sp³-hybridized carbons (Fsp3) is 0.0526. The molecule has 0 radical (unpaired) electrons. The lowest BCUT2D eigenvalue weighted by atomic mass is 9.79. The van der Waals surface area contributed by atoms with Gasteiger partial charge in [-0.15, -0.1) is 0 Å². The number of benzene rings is 10. The highest BCUT2D eigenvalue weighted by atomic mass is 14.4. The van der Waals surface area contributed by atoms with Gasteiger partial charge in [0.1, 0.15) is 0 Å². The van der Waals surface area contributed by atoms with Crippen molar-refractivity contribution in [3.05, 3.63) is 217 Å². The van der Waals surface area contributed by atoms with Gasteiger partial charge in [-0.25, -0.2) is 0 Å².